The Morgan fingerprint density at radius 1 is 1.50 bits per heavy atom. The van der Waals surface area contributed by atoms with Crippen molar-refractivity contribution in [3.8, 4) is 6.07 Å². The normalized spacial score (nSPS) is 24.6. The Hall–Kier alpha value is -1.28. The number of imide groups is 1. The van der Waals surface area contributed by atoms with Gasteiger partial charge in [-0.25, -0.2) is 4.79 Å². The van der Waals surface area contributed by atoms with Gasteiger partial charge in [0.05, 0.1) is 12.6 Å². The molecule has 0 radical (unpaired) electrons. The molecule has 86 valence electrons. The van der Waals surface area contributed by atoms with Crippen LogP contribution < -0.4 is 5.32 Å². The van der Waals surface area contributed by atoms with Crippen LogP contribution in [-0.4, -0.2) is 34.3 Å². The summed E-state index contributed by atoms with van der Waals surface area (Å²) in [6.07, 6.45) is 3.27. The third-order valence-corrected chi connectivity index (χ3v) is 3.42. The van der Waals surface area contributed by atoms with Gasteiger partial charge in [-0.1, -0.05) is 12.8 Å². The Bertz CT molecular complexity index is 371. The van der Waals surface area contributed by atoms with Crippen LogP contribution in [-0.2, 0) is 4.79 Å². The highest BCUT2D eigenvalue weighted by Crippen LogP contribution is 2.35. The van der Waals surface area contributed by atoms with Crippen molar-refractivity contribution in [2.24, 2.45) is 0 Å². The minimum Gasteiger partial charge on any atom is -0.323 e. The van der Waals surface area contributed by atoms with E-state index in [9.17, 15) is 9.59 Å². The zero-order valence-electron chi connectivity index (χ0n) is 8.70. The molecule has 2 fully saturated rings. The highest BCUT2D eigenvalue weighted by Gasteiger charge is 2.52. The summed E-state index contributed by atoms with van der Waals surface area (Å²) in [6, 6.07) is 1.38. The topological polar surface area (TPSA) is 73.2 Å². The lowest BCUT2D eigenvalue weighted by Gasteiger charge is -2.20. The van der Waals surface area contributed by atoms with Gasteiger partial charge in [-0.2, -0.15) is 5.26 Å². The van der Waals surface area contributed by atoms with E-state index in [0.717, 1.165) is 17.7 Å². The van der Waals surface area contributed by atoms with Crippen LogP contribution in [0.3, 0.4) is 0 Å². The second kappa shape index (κ2) is 3.95. The molecule has 0 aromatic rings. The minimum atomic E-state index is -0.841. The van der Waals surface area contributed by atoms with Gasteiger partial charge in [-0.3, -0.25) is 9.69 Å². The van der Waals surface area contributed by atoms with Crippen LogP contribution in [0.4, 0.5) is 4.79 Å². The van der Waals surface area contributed by atoms with Crippen LogP contribution in [0, 0.1) is 11.3 Å². The summed E-state index contributed by atoms with van der Waals surface area (Å²) in [4.78, 5) is 24.8. The average molecular weight is 242 g/mol. The van der Waals surface area contributed by atoms with Crippen molar-refractivity contribution >= 4 is 23.5 Å². The number of hydrogen-bond donors (Lipinski definition) is 1. The third kappa shape index (κ3) is 1.63. The molecule has 1 heterocycles. The number of alkyl halides is 1. The maximum absolute atomic E-state index is 12.1. The number of urea groups is 1. The van der Waals surface area contributed by atoms with E-state index in [2.05, 4.69) is 5.32 Å². The third-order valence-electron chi connectivity index (χ3n) is 3.19. The smallest absolute Gasteiger partial charge is 0.323 e. The van der Waals surface area contributed by atoms with Crippen molar-refractivity contribution in [2.45, 2.75) is 36.6 Å². The lowest BCUT2D eigenvalue weighted by Crippen LogP contribution is -2.44. The van der Waals surface area contributed by atoms with Crippen molar-refractivity contribution < 1.29 is 9.59 Å². The predicted octanol–water partition coefficient (Wildman–Crippen LogP) is 0.982. The monoisotopic (exact) mass is 241 g/mol. The molecule has 1 saturated heterocycles. The molecular weight excluding hydrogens is 230 g/mol. The zero-order valence-corrected chi connectivity index (χ0v) is 9.46. The molecule has 1 atom stereocenters. The summed E-state index contributed by atoms with van der Waals surface area (Å²) in [7, 11) is 0. The first-order chi connectivity index (χ1) is 7.59. The van der Waals surface area contributed by atoms with E-state index in [0.29, 0.717) is 12.8 Å². The summed E-state index contributed by atoms with van der Waals surface area (Å²) in [5.74, 6) is -0.226. The van der Waals surface area contributed by atoms with E-state index in [1.165, 1.54) is 0 Å². The first kappa shape index (κ1) is 11.2. The van der Waals surface area contributed by atoms with Crippen LogP contribution >= 0.6 is 11.6 Å². The molecule has 1 aliphatic heterocycles. The summed E-state index contributed by atoms with van der Waals surface area (Å²) >= 11 is 5.64. The summed E-state index contributed by atoms with van der Waals surface area (Å²) in [6.45, 7) is -0.0372. The number of nitrogens with zero attached hydrogens (tertiary/aromatic N) is 2. The molecule has 6 heteroatoms. The Balaban J connectivity index is 2.14. The van der Waals surface area contributed by atoms with Crippen LogP contribution in [0.2, 0.25) is 0 Å². The van der Waals surface area contributed by atoms with Crippen LogP contribution in [0.25, 0.3) is 0 Å². The standard InChI is InChI=1S/C10H12ClN3O2/c11-7(5-12)6-14-8(15)10(13-9(14)16)3-1-2-4-10/h7H,1-4,6H2,(H,13,16). The van der Waals surface area contributed by atoms with Gasteiger partial charge in [0, 0.05) is 0 Å². The first-order valence-corrected chi connectivity index (χ1v) is 5.70. The number of hydrogen-bond acceptors (Lipinski definition) is 3. The Morgan fingerprint density at radius 2 is 2.12 bits per heavy atom. The second-order valence-electron chi connectivity index (χ2n) is 4.23. The van der Waals surface area contributed by atoms with Crippen LogP contribution in [0.5, 0.6) is 0 Å². The van der Waals surface area contributed by atoms with Crippen molar-refractivity contribution in [3.05, 3.63) is 0 Å². The van der Waals surface area contributed by atoms with Gasteiger partial charge in [0.1, 0.15) is 10.9 Å². The molecule has 5 nitrogen and oxygen atoms in total. The lowest BCUT2D eigenvalue weighted by atomic mass is 9.98. The quantitative estimate of drug-likeness (QED) is 0.579. The fourth-order valence-electron chi connectivity index (χ4n) is 2.36. The van der Waals surface area contributed by atoms with Crippen LogP contribution in [0.15, 0.2) is 0 Å². The van der Waals surface area contributed by atoms with E-state index in [1.807, 2.05) is 0 Å². The molecule has 1 unspecified atom stereocenters. The van der Waals surface area contributed by atoms with E-state index in [4.69, 9.17) is 16.9 Å². The summed E-state index contributed by atoms with van der Waals surface area (Å²) in [5.41, 5.74) is -0.705. The molecule has 1 N–H and O–H groups in total. The largest absolute Gasteiger partial charge is 0.325 e. The number of nitriles is 1. The molecule has 0 aromatic carbocycles. The number of rotatable bonds is 2. The maximum atomic E-state index is 12.1. The molecule has 1 aliphatic carbocycles. The summed E-state index contributed by atoms with van der Waals surface area (Å²) in [5, 5.41) is 10.5. The molecule has 2 aliphatic rings. The van der Waals surface area contributed by atoms with Crippen molar-refractivity contribution in [2.75, 3.05) is 6.54 Å². The number of carbonyl (C=O) groups is 2. The fraction of sp³-hybridized carbons (Fsp3) is 0.700. The van der Waals surface area contributed by atoms with Crippen molar-refractivity contribution in [3.63, 3.8) is 0 Å². The average Bonchev–Trinajstić information content (AvgIpc) is 2.81. The fourth-order valence-corrected chi connectivity index (χ4v) is 2.50. The van der Waals surface area contributed by atoms with E-state index in [-0.39, 0.29) is 12.5 Å². The minimum absolute atomic E-state index is 0.0372. The van der Waals surface area contributed by atoms with Crippen molar-refractivity contribution in [1.29, 1.82) is 5.26 Å². The van der Waals surface area contributed by atoms with Gasteiger partial charge in [-0.15, -0.1) is 11.6 Å². The van der Waals surface area contributed by atoms with Gasteiger partial charge in [0.25, 0.3) is 5.91 Å². The van der Waals surface area contributed by atoms with Gasteiger partial charge in [-0.05, 0) is 12.8 Å². The lowest BCUT2D eigenvalue weighted by molar-refractivity contribution is -0.131. The molecule has 3 amide bonds. The Morgan fingerprint density at radius 3 is 2.69 bits per heavy atom. The Labute approximate surface area is 98.3 Å². The highest BCUT2D eigenvalue weighted by molar-refractivity contribution is 6.23. The van der Waals surface area contributed by atoms with Gasteiger partial charge >= 0.3 is 6.03 Å². The number of amides is 3. The number of nitrogens with one attached hydrogen (secondary N) is 1. The molecule has 0 aromatic heterocycles. The SMILES string of the molecule is N#CC(Cl)CN1C(=O)NC2(CCCC2)C1=O. The predicted molar refractivity (Wildman–Crippen MR) is 56.7 cm³/mol. The molecule has 1 spiro atoms. The number of halogens is 1. The van der Waals surface area contributed by atoms with E-state index < -0.39 is 16.9 Å². The van der Waals surface area contributed by atoms with Gasteiger partial charge in [0.2, 0.25) is 0 Å². The number of carbonyl (C=O) groups excluding carboxylic acids is 2. The molecule has 1 saturated carbocycles. The Kier molecular flexibility index (Phi) is 2.76. The van der Waals surface area contributed by atoms with Gasteiger partial charge < -0.3 is 5.32 Å². The molecule has 16 heavy (non-hydrogen) atoms. The highest BCUT2D eigenvalue weighted by atomic mass is 35.5. The van der Waals surface area contributed by atoms with Crippen LogP contribution in [0.1, 0.15) is 25.7 Å². The molecule has 2 rings (SSSR count). The van der Waals surface area contributed by atoms with Gasteiger partial charge in [0.15, 0.2) is 0 Å². The van der Waals surface area contributed by atoms with E-state index >= 15 is 0 Å². The zero-order chi connectivity index (χ0) is 11.8. The first-order valence-electron chi connectivity index (χ1n) is 5.27. The molecule has 0 bridgehead atoms. The second-order valence-corrected chi connectivity index (χ2v) is 4.76. The van der Waals surface area contributed by atoms with Crippen molar-refractivity contribution in [1.82, 2.24) is 10.2 Å². The maximum Gasteiger partial charge on any atom is 0.325 e. The molecular formula is C10H12ClN3O2. The van der Waals surface area contributed by atoms with E-state index in [1.54, 1.807) is 6.07 Å². The summed E-state index contributed by atoms with van der Waals surface area (Å²) < 4.78 is 0.